The molecule has 3 saturated heterocycles. The van der Waals surface area contributed by atoms with Crippen LogP contribution in [-0.2, 0) is 0 Å². The maximum atomic E-state index is 2.77. The molecule has 3 rings (SSSR count). The predicted octanol–water partition coefficient (Wildman–Crippen LogP) is 2.22. The van der Waals surface area contributed by atoms with Crippen LogP contribution in [0, 0.1) is 5.41 Å². The highest BCUT2D eigenvalue weighted by atomic mass is 127. The van der Waals surface area contributed by atoms with Gasteiger partial charge >= 0.3 is 0 Å². The fourth-order valence-corrected chi connectivity index (χ4v) is 4.33. The molecular formula is C14H26IN3. The molecule has 0 bridgehead atoms. The molecule has 0 saturated carbocycles. The average molecular weight is 363 g/mol. The minimum atomic E-state index is 0.715. The van der Waals surface area contributed by atoms with Gasteiger partial charge in [0, 0.05) is 55.1 Å². The van der Waals surface area contributed by atoms with Crippen molar-refractivity contribution in [2.75, 3.05) is 45.8 Å². The Morgan fingerprint density at radius 3 is 2.11 bits per heavy atom. The standard InChI is InChI=1S/C14H26IN3/c1-2-16-11-13(12-16)17-7-3-14(4-8-17)5-9-18(15)10-6-14/h13H,2-12H2,1H3. The van der Waals surface area contributed by atoms with E-state index in [0.29, 0.717) is 5.41 Å². The monoisotopic (exact) mass is 363 g/mol. The summed E-state index contributed by atoms with van der Waals surface area (Å²) >= 11 is 2.49. The summed E-state index contributed by atoms with van der Waals surface area (Å²) in [4.78, 5) is 5.33. The van der Waals surface area contributed by atoms with Gasteiger partial charge in [-0.05, 0) is 50.7 Å². The van der Waals surface area contributed by atoms with Crippen molar-refractivity contribution < 1.29 is 0 Å². The molecule has 0 aromatic rings. The van der Waals surface area contributed by atoms with Gasteiger partial charge in [-0.2, -0.15) is 0 Å². The molecule has 0 unspecified atom stereocenters. The molecule has 104 valence electrons. The van der Waals surface area contributed by atoms with E-state index in [1.807, 2.05) is 0 Å². The summed E-state index contributed by atoms with van der Waals surface area (Å²) in [6, 6.07) is 0.881. The Morgan fingerprint density at radius 1 is 1.00 bits per heavy atom. The zero-order valence-corrected chi connectivity index (χ0v) is 13.7. The normalized spacial score (nSPS) is 31.7. The van der Waals surface area contributed by atoms with Crippen LogP contribution in [0.15, 0.2) is 0 Å². The van der Waals surface area contributed by atoms with Crippen molar-refractivity contribution in [3.05, 3.63) is 0 Å². The van der Waals surface area contributed by atoms with Gasteiger partial charge in [0.25, 0.3) is 0 Å². The van der Waals surface area contributed by atoms with E-state index in [1.54, 1.807) is 0 Å². The van der Waals surface area contributed by atoms with Crippen molar-refractivity contribution in [1.82, 2.24) is 12.9 Å². The lowest BCUT2D eigenvalue weighted by Crippen LogP contribution is -2.61. The van der Waals surface area contributed by atoms with E-state index >= 15 is 0 Å². The van der Waals surface area contributed by atoms with Crippen LogP contribution in [-0.4, -0.2) is 64.8 Å². The lowest BCUT2D eigenvalue weighted by Gasteiger charge is -2.51. The largest absolute Gasteiger partial charge is 0.300 e. The van der Waals surface area contributed by atoms with Crippen LogP contribution in [0.4, 0.5) is 0 Å². The number of halogens is 1. The first-order valence-corrected chi connectivity index (χ1v) is 8.54. The smallest absolute Gasteiger partial charge is 0.0350 e. The number of hydrogen-bond donors (Lipinski definition) is 0. The Morgan fingerprint density at radius 2 is 1.56 bits per heavy atom. The lowest BCUT2D eigenvalue weighted by atomic mass is 9.71. The summed E-state index contributed by atoms with van der Waals surface area (Å²) in [6.45, 7) is 11.5. The van der Waals surface area contributed by atoms with Gasteiger partial charge in [0.1, 0.15) is 0 Å². The summed E-state index contributed by atoms with van der Waals surface area (Å²) < 4.78 is 2.47. The quantitative estimate of drug-likeness (QED) is 0.550. The number of nitrogens with zero attached hydrogens (tertiary/aromatic N) is 3. The zero-order chi connectivity index (χ0) is 12.6. The third-order valence-electron chi connectivity index (χ3n) is 5.53. The van der Waals surface area contributed by atoms with Gasteiger partial charge in [-0.15, -0.1) is 0 Å². The third kappa shape index (κ3) is 2.72. The van der Waals surface area contributed by atoms with E-state index in [2.05, 4.69) is 42.7 Å². The maximum Gasteiger partial charge on any atom is 0.0350 e. The van der Waals surface area contributed by atoms with Gasteiger partial charge in [0.2, 0.25) is 0 Å². The van der Waals surface area contributed by atoms with E-state index in [1.165, 1.54) is 71.5 Å². The van der Waals surface area contributed by atoms with Crippen LogP contribution in [0.25, 0.3) is 0 Å². The van der Waals surface area contributed by atoms with Crippen molar-refractivity contribution in [2.24, 2.45) is 5.41 Å². The first-order chi connectivity index (χ1) is 8.71. The average Bonchev–Trinajstić information content (AvgIpc) is 2.35. The fourth-order valence-electron chi connectivity index (χ4n) is 3.85. The van der Waals surface area contributed by atoms with Gasteiger partial charge in [-0.1, -0.05) is 6.92 Å². The number of likely N-dealkylation sites (tertiary alicyclic amines) is 2. The molecule has 0 atom stereocenters. The van der Waals surface area contributed by atoms with Crippen molar-refractivity contribution in [3.8, 4) is 0 Å². The van der Waals surface area contributed by atoms with Crippen LogP contribution >= 0.6 is 22.9 Å². The van der Waals surface area contributed by atoms with Crippen LogP contribution in [0.1, 0.15) is 32.6 Å². The van der Waals surface area contributed by atoms with E-state index < -0.39 is 0 Å². The summed E-state index contributed by atoms with van der Waals surface area (Å²) in [7, 11) is 0. The minimum absolute atomic E-state index is 0.715. The van der Waals surface area contributed by atoms with E-state index in [-0.39, 0.29) is 0 Å². The Balaban J connectivity index is 1.47. The first-order valence-electron chi connectivity index (χ1n) is 7.58. The summed E-state index contributed by atoms with van der Waals surface area (Å²) in [6.07, 6.45) is 5.80. The third-order valence-corrected chi connectivity index (χ3v) is 6.49. The molecule has 0 N–H and O–H groups in total. The molecule has 3 fully saturated rings. The van der Waals surface area contributed by atoms with Crippen molar-refractivity contribution in [3.63, 3.8) is 0 Å². The van der Waals surface area contributed by atoms with Crippen LogP contribution < -0.4 is 0 Å². The highest BCUT2D eigenvalue weighted by molar-refractivity contribution is 14.1. The van der Waals surface area contributed by atoms with Crippen LogP contribution in [0.2, 0.25) is 0 Å². The van der Waals surface area contributed by atoms with Crippen LogP contribution in [0.5, 0.6) is 0 Å². The minimum Gasteiger partial charge on any atom is -0.300 e. The molecule has 3 aliphatic heterocycles. The Kier molecular flexibility index (Phi) is 4.18. The molecule has 0 aromatic heterocycles. The molecule has 1 spiro atoms. The fraction of sp³-hybridized carbons (Fsp3) is 1.00. The second-order valence-corrected chi connectivity index (χ2v) is 7.82. The zero-order valence-electron chi connectivity index (χ0n) is 11.6. The Hall–Kier alpha value is 0.610. The molecule has 0 amide bonds. The topological polar surface area (TPSA) is 9.72 Å². The lowest BCUT2D eigenvalue weighted by molar-refractivity contribution is -0.0142. The van der Waals surface area contributed by atoms with E-state index in [9.17, 15) is 0 Å². The SMILES string of the molecule is CCN1CC(N2CCC3(CCN(I)CC3)CC2)C1. The molecule has 4 heteroatoms. The van der Waals surface area contributed by atoms with Crippen molar-refractivity contribution in [1.29, 1.82) is 0 Å². The molecule has 3 aliphatic rings. The molecule has 0 aliphatic carbocycles. The number of likely N-dealkylation sites (N-methyl/N-ethyl adjacent to an activating group) is 1. The second kappa shape index (κ2) is 5.54. The number of rotatable bonds is 2. The number of hydrogen-bond acceptors (Lipinski definition) is 3. The summed E-state index contributed by atoms with van der Waals surface area (Å²) in [5, 5.41) is 0. The van der Waals surface area contributed by atoms with Gasteiger partial charge in [0.15, 0.2) is 0 Å². The van der Waals surface area contributed by atoms with Gasteiger partial charge in [-0.25, -0.2) is 3.11 Å². The van der Waals surface area contributed by atoms with Crippen LogP contribution in [0.3, 0.4) is 0 Å². The molecule has 18 heavy (non-hydrogen) atoms. The first kappa shape index (κ1) is 13.6. The number of piperidine rings is 2. The molecule has 3 heterocycles. The Labute approximate surface area is 125 Å². The van der Waals surface area contributed by atoms with Crippen molar-refractivity contribution in [2.45, 2.75) is 38.6 Å². The van der Waals surface area contributed by atoms with Gasteiger partial charge in [0.05, 0.1) is 0 Å². The summed E-state index contributed by atoms with van der Waals surface area (Å²) in [5.74, 6) is 0. The van der Waals surface area contributed by atoms with Gasteiger partial charge < -0.3 is 4.90 Å². The maximum absolute atomic E-state index is 2.77. The molecule has 0 radical (unpaired) electrons. The second-order valence-electron chi connectivity index (χ2n) is 6.45. The predicted molar refractivity (Wildman–Crippen MR) is 84.0 cm³/mol. The highest BCUT2D eigenvalue weighted by Crippen LogP contribution is 2.42. The Bertz CT molecular complexity index is 273. The highest BCUT2D eigenvalue weighted by Gasteiger charge is 2.40. The molecular weight excluding hydrogens is 337 g/mol. The van der Waals surface area contributed by atoms with E-state index in [0.717, 1.165) is 6.04 Å². The molecule has 3 nitrogen and oxygen atoms in total. The van der Waals surface area contributed by atoms with Gasteiger partial charge in [-0.3, -0.25) is 4.90 Å². The molecule has 0 aromatic carbocycles. The van der Waals surface area contributed by atoms with E-state index in [4.69, 9.17) is 0 Å². The summed E-state index contributed by atoms with van der Waals surface area (Å²) in [5.41, 5.74) is 0.715. The van der Waals surface area contributed by atoms with Crippen molar-refractivity contribution >= 4 is 22.9 Å².